The monoisotopic (exact) mass is 301 g/mol. The zero-order valence-corrected chi connectivity index (χ0v) is 10.9. The van der Waals surface area contributed by atoms with Gasteiger partial charge in [0, 0.05) is 11.8 Å². The van der Waals surface area contributed by atoms with Crippen LogP contribution in [0.5, 0.6) is 0 Å². The number of hydrogen-bond donors (Lipinski definition) is 2. The molecule has 0 spiro atoms. The van der Waals surface area contributed by atoms with Gasteiger partial charge in [0.25, 0.3) is 5.56 Å². The lowest BCUT2D eigenvalue weighted by molar-refractivity contribution is -0.138. The van der Waals surface area contributed by atoms with Crippen LogP contribution >= 0.6 is 11.8 Å². The molecule has 4 nitrogen and oxygen atoms in total. The van der Waals surface area contributed by atoms with E-state index in [-0.39, 0.29) is 22.3 Å². The van der Waals surface area contributed by atoms with E-state index in [0.717, 1.165) is 23.9 Å². The number of aromatic amines is 1. The summed E-state index contributed by atoms with van der Waals surface area (Å²) >= 11 is 0.985. The number of rotatable bonds is 3. The first kappa shape index (κ1) is 14.4. The van der Waals surface area contributed by atoms with Gasteiger partial charge in [0.2, 0.25) is 0 Å². The predicted octanol–water partition coefficient (Wildman–Crippen LogP) is 2.66. The van der Waals surface area contributed by atoms with Gasteiger partial charge < -0.3 is 10.7 Å². The highest BCUT2D eigenvalue weighted by Gasteiger charge is 2.32. The molecule has 2 aromatic rings. The van der Waals surface area contributed by atoms with Gasteiger partial charge in [-0.15, -0.1) is 0 Å². The van der Waals surface area contributed by atoms with Gasteiger partial charge >= 0.3 is 6.18 Å². The van der Waals surface area contributed by atoms with Crippen LogP contribution in [0.2, 0.25) is 0 Å². The van der Waals surface area contributed by atoms with Crippen LogP contribution in [0.4, 0.5) is 19.0 Å². The molecule has 1 aromatic heterocycles. The Hall–Kier alpha value is -1.96. The van der Waals surface area contributed by atoms with E-state index in [2.05, 4.69) is 9.97 Å². The van der Waals surface area contributed by atoms with E-state index in [0.29, 0.717) is 0 Å². The number of nitrogens with zero attached hydrogens (tertiary/aromatic N) is 1. The number of alkyl halides is 3. The van der Waals surface area contributed by atoms with Crippen molar-refractivity contribution in [3.63, 3.8) is 0 Å². The molecular weight excluding hydrogens is 291 g/mol. The van der Waals surface area contributed by atoms with E-state index >= 15 is 0 Å². The number of nitrogens with one attached hydrogen (secondary N) is 1. The van der Waals surface area contributed by atoms with Crippen LogP contribution < -0.4 is 11.3 Å². The second-order valence-corrected chi connectivity index (χ2v) is 4.88. The molecule has 2 rings (SSSR count). The highest BCUT2D eigenvalue weighted by Crippen LogP contribution is 2.34. The normalized spacial score (nSPS) is 11.6. The molecule has 0 atom stereocenters. The maximum absolute atomic E-state index is 12.8. The molecule has 0 fully saturated rings. The fraction of sp³-hybridized carbons (Fsp3) is 0.167. The van der Waals surface area contributed by atoms with E-state index in [1.54, 1.807) is 0 Å². The minimum Gasteiger partial charge on any atom is -0.383 e. The first-order valence-corrected chi connectivity index (χ1v) is 6.49. The van der Waals surface area contributed by atoms with E-state index in [1.165, 1.54) is 18.2 Å². The molecule has 1 aromatic carbocycles. The van der Waals surface area contributed by atoms with Gasteiger partial charge in [0.15, 0.2) is 5.16 Å². The van der Waals surface area contributed by atoms with Crippen LogP contribution in [0, 0.1) is 0 Å². The molecule has 1 heterocycles. The van der Waals surface area contributed by atoms with Crippen molar-refractivity contribution >= 4 is 17.6 Å². The summed E-state index contributed by atoms with van der Waals surface area (Å²) in [6.07, 6.45) is -4.41. The van der Waals surface area contributed by atoms with Crippen LogP contribution in [0.3, 0.4) is 0 Å². The predicted molar refractivity (Wildman–Crippen MR) is 70.3 cm³/mol. The van der Waals surface area contributed by atoms with E-state index in [4.69, 9.17) is 5.73 Å². The molecule has 0 aliphatic carbocycles. The van der Waals surface area contributed by atoms with Crippen molar-refractivity contribution in [2.75, 3.05) is 5.73 Å². The Labute approximate surface area is 116 Å². The molecule has 106 valence electrons. The second kappa shape index (κ2) is 5.58. The second-order valence-electron chi connectivity index (χ2n) is 3.92. The van der Waals surface area contributed by atoms with Crippen molar-refractivity contribution in [1.29, 1.82) is 0 Å². The maximum Gasteiger partial charge on any atom is 0.416 e. The third-order valence-electron chi connectivity index (χ3n) is 2.43. The van der Waals surface area contributed by atoms with Crippen molar-refractivity contribution in [3.05, 3.63) is 51.8 Å². The largest absolute Gasteiger partial charge is 0.416 e. The molecule has 0 aliphatic heterocycles. The average Bonchev–Trinajstić information content (AvgIpc) is 2.34. The third kappa shape index (κ3) is 3.53. The number of halogens is 3. The molecule has 0 radical (unpaired) electrons. The lowest BCUT2D eigenvalue weighted by atomic mass is 10.1. The molecule has 0 aliphatic rings. The van der Waals surface area contributed by atoms with Gasteiger partial charge in [-0.3, -0.25) is 4.79 Å². The Kier molecular flexibility index (Phi) is 4.03. The lowest BCUT2D eigenvalue weighted by Gasteiger charge is -2.11. The van der Waals surface area contributed by atoms with Crippen molar-refractivity contribution in [2.24, 2.45) is 0 Å². The van der Waals surface area contributed by atoms with Crippen molar-refractivity contribution in [1.82, 2.24) is 9.97 Å². The minimum atomic E-state index is -4.41. The number of aromatic nitrogens is 2. The molecule has 0 amide bonds. The Morgan fingerprint density at radius 1 is 1.30 bits per heavy atom. The highest BCUT2D eigenvalue weighted by molar-refractivity contribution is 7.98. The lowest BCUT2D eigenvalue weighted by Crippen LogP contribution is -2.10. The summed E-state index contributed by atoms with van der Waals surface area (Å²) in [5.74, 6) is 0.0579. The van der Waals surface area contributed by atoms with Gasteiger partial charge in [-0.25, -0.2) is 4.98 Å². The maximum atomic E-state index is 12.8. The molecular formula is C12H10F3N3OS. The molecule has 0 saturated heterocycles. The summed E-state index contributed by atoms with van der Waals surface area (Å²) in [7, 11) is 0. The van der Waals surface area contributed by atoms with E-state index < -0.39 is 17.3 Å². The number of nitrogen functional groups attached to an aromatic ring is 1. The molecule has 3 N–H and O–H groups in total. The van der Waals surface area contributed by atoms with Crippen LogP contribution in [-0.4, -0.2) is 9.97 Å². The smallest absolute Gasteiger partial charge is 0.383 e. The van der Waals surface area contributed by atoms with Gasteiger partial charge in [0.1, 0.15) is 5.82 Å². The van der Waals surface area contributed by atoms with E-state index in [1.807, 2.05) is 0 Å². The van der Waals surface area contributed by atoms with E-state index in [9.17, 15) is 18.0 Å². The number of hydrogen-bond acceptors (Lipinski definition) is 4. The molecule has 0 bridgehead atoms. The van der Waals surface area contributed by atoms with Gasteiger partial charge in [-0.1, -0.05) is 30.0 Å². The van der Waals surface area contributed by atoms with Crippen LogP contribution in [0.1, 0.15) is 11.1 Å². The zero-order chi connectivity index (χ0) is 14.8. The fourth-order valence-electron chi connectivity index (χ4n) is 1.59. The standard InChI is InChI=1S/C12H10F3N3OS/c13-12(14,15)8-4-2-1-3-7(8)6-20-11-17-9(16)5-10(19)18-11/h1-5H,6H2,(H3,16,17,18,19). The van der Waals surface area contributed by atoms with Crippen LogP contribution in [0.25, 0.3) is 0 Å². The van der Waals surface area contributed by atoms with Crippen molar-refractivity contribution in [3.8, 4) is 0 Å². The number of nitrogens with two attached hydrogens (primary N) is 1. The SMILES string of the molecule is Nc1cc(=O)[nH]c(SCc2ccccc2C(F)(F)F)n1. The number of benzene rings is 1. The molecule has 20 heavy (non-hydrogen) atoms. The highest BCUT2D eigenvalue weighted by atomic mass is 32.2. The summed E-state index contributed by atoms with van der Waals surface area (Å²) < 4.78 is 38.4. The molecule has 8 heteroatoms. The quantitative estimate of drug-likeness (QED) is 0.675. The van der Waals surface area contributed by atoms with Crippen molar-refractivity contribution in [2.45, 2.75) is 17.1 Å². The number of thioether (sulfide) groups is 1. The zero-order valence-electron chi connectivity index (χ0n) is 10.1. The minimum absolute atomic E-state index is 0.0281. The summed E-state index contributed by atoms with van der Waals surface area (Å²) in [6, 6.07) is 6.37. The van der Waals surface area contributed by atoms with Crippen LogP contribution in [-0.2, 0) is 11.9 Å². The average molecular weight is 301 g/mol. The Morgan fingerprint density at radius 2 is 2.00 bits per heavy atom. The summed E-state index contributed by atoms with van der Waals surface area (Å²) in [5.41, 5.74) is 4.39. The first-order valence-electron chi connectivity index (χ1n) is 5.51. The summed E-state index contributed by atoms with van der Waals surface area (Å²) in [6.45, 7) is 0. The molecule has 0 saturated carbocycles. The van der Waals surface area contributed by atoms with Gasteiger partial charge in [-0.05, 0) is 11.6 Å². The van der Waals surface area contributed by atoms with Crippen LogP contribution in [0.15, 0.2) is 40.3 Å². The van der Waals surface area contributed by atoms with Gasteiger partial charge in [-0.2, -0.15) is 13.2 Å². The Balaban J connectivity index is 2.21. The van der Waals surface area contributed by atoms with Crippen molar-refractivity contribution < 1.29 is 13.2 Å². The fourth-order valence-corrected chi connectivity index (χ4v) is 2.48. The summed E-state index contributed by atoms with van der Waals surface area (Å²) in [5, 5.41) is 0.187. The summed E-state index contributed by atoms with van der Waals surface area (Å²) in [4.78, 5) is 17.4. The Bertz CT molecular complexity index is 669. The third-order valence-corrected chi connectivity index (χ3v) is 3.35. The van der Waals surface area contributed by atoms with Gasteiger partial charge in [0.05, 0.1) is 5.56 Å². The Morgan fingerprint density at radius 3 is 2.65 bits per heavy atom. The topological polar surface area (TPSA) is 71.8 Å². The number of H-pyrrole nitrogens is 1. The molecule has 0 unspecified atom stereocenters. The number of anilines is 1. The first-order chi connectivity index (χ1) is 9.36.